The Hall–Kier alpha value is -2.56. The monoisotopic (exact) mass is 485 g/mol. The van der Waals surface area contributed by atoms with Gasteiger partial charge in [0, 0.05) is 7.11 Å². The van der Waals surface area contributed by atoms with Crippen LogP contribution in [0.2, 0.25) is 5.02 Å². The molecule has 1 aromatic heterocycles. The molecule has 1 N–H and O–H groups in total. The number of halogens is 4. The number of amides is 1. The predicted octanol–water partition coefficient (Wildman–Crippen LogP) is 4.83. The molecule has 0 aliphatic heterocycles. The smallest absolute Gasteiger partial charge is 0.383 e. The molecule has 0 unspecified atom stereocenters. The number of aromatic nitrogens is 2. The van der Waals surface area contributed by atoms with Crippen molar-refractivity contribution in [2.75, 3.05) is 19.0 Å². The molecule has 0 saturated heterocycles. The molecule has 3 rings (SSSR count). The normalized spacial score (nSPS) is 12.7. The third kappa shape index (κ3) is 5.43. The summed E-state index contributed by atoms with van der Waals surface area (Å²) in [5.41, 5.74) is -0.879. The van der Waals surface area contributed by atoms with Gasteiger partial charge in [-0.05, 0) is 37.3 Å². The molecule has 6 nitrogen and oxygen atoms in total. The molecule has 2 aromatic carbocycles. The lowest BCUT2D eigenvalue weighted by atomic mass is 10.2. The molecule has 1 amide bonds. The van der Waals surface area contributed by atoms with Crippen LogP contribution in [0, 0.1) is 0 Å². The fourth-order valence-corrected chi connectivity index (χ4v) is 3.96. The van der Waals surface area contributed by atoms with E-state index in [1.165, 1.54) is 11.7 Å². The van der Waals surface area contributed by atoms with Crippen LogP contribution in [-0.2, 0) is 22.3 Å². The maximum Gasteiger partial charge on any atom is 0.416 e. The largest absolute Gasteiger partial charge is 0.416 e. The maximum atomic E-state index is 13.0. The van der Waals surface area contributed by atoms with Crippen molar-refractivity contribution in [2.45, 2.75) is 30.1 Å². The minimum atomic E-state index is -4.57. The van der Waals surface area contributed by atoms with E-state index in [1.54, 1.807) is 31.2 Å². The Bertz CT molecular complexity index is 1200. The summed E-state index contributed by atoms with van der Waals surface area (Å²) in [7, 11) is 1.50. The molecular weight excluding hydrogens is 467 g/mol. The zero-order valence-corrected chi connectivity index (χ0v) is 18.6. The van der Waals surface area contributed by atoms with Crippen molar-refractivity contribution in [3.05, 3.63) is 63.4 Å². The average Bonchev–Trinajstić information content (AvgIpc) is 2.74. The molecule has 0 spiro atoms. The van der Waals surface area contributed by atoms with E-state index in [4.69, 9.17) is 16.3 Å². The number of nitrogens with zero attached hydrogens (tertiary/aromatic N) is 2. The number of thioether (sulfide) groups is 1. The van der Waals surface area contributed by atoms with Crippen LogP contribution in [-0.4, -0.2) is 34.4 Å². The highest BCUT2D eigenvalue weighted by Crippen LogP contribution is 2.34. The van der Waals surface area contributed by atoms with Gasteiger partial charge in [0.1, 0.15) is 0 Å². The summed E-state index contributed by atoms with van der Waals surface area (Å²) in [6, 6.07) is 9.51. The second kappa shape index (κ2) is 9.93. The van der Waals surface area contributed by atoms with Gasteiger partial charge in [-0.25, -0.2) is 4.98 Å². The molecule has 0 aliphatic rings. The third-order valence-corrected chi connectivity index (χ3v) is 5.97. The second-order valence-electron chi connectivity index (χ2n) is 6.80. The number of alkyl halides is 3. The van der Waals surface area contributed by atoms with Gasteiger partial charge < -0.3 is 10.1 Å². The van der Waals surface area contributed by atoms with E-state index in [0.29, 0.717) is 16.1 Å². The lowest BCUT2D eigenvalue weighted by Crippen LogP contribution is -2.28. The summed E-state index contributed by atoms with van der Waals surface area (Å²) in [6.45, 7) is 2.04. The van der Waals surface area contributed by atoms with Gasteiger partial charge >= 0.3 is 6.18 Å². The third-order valence-electron chi connectivity index (χ3n) is 4.55. The Morgan fingerprint density at radius 3 is 2.69 bits per heavy atom. The number of hydrogen-bond acceptors (Lipinski definition) is 5. The Morgan fingerprint density at radius 2 is 2.00 bits per heavy atom. The number of anilines is 1. The van der Waals surface area contributed by atoms with E-state index in [9.17, 15) is 22.8 Å². The van der Waals surface area contributed by atoms with E-state index < -0.39 is 22.9 Å². The first-order valence-electron chi connectivity index (χ1n) is 9.44. The number of fused-ring (bicyclic) bond motifs is 1. The van der Waals surface area contributed by atoms with E-state index in [1.807, 2.05) is 0 Å². The number of carbonyl (C=O) groups is 1. The van der Waals surface area contributed by atoms with Gasteiger partial charge in [-0.1, -0.05) is 35.5 Å². The highest BCUT2D eigenvalue weighted by atomic mass is 35.5. The first kappa shape index (κ1) is 24.1. The Morgan fingerprint density at radius 1 is 1.28 bits per heavy atom. The van der Waals surface area contributed by atoms with Crippen molar-refractivity contribution in [3.63, 3.8) is 0 Å². The van der Waals surface area contributed by atoms with Crippen molar-refractivity contribution in [3.8, 4) is 0 Å². The molecule has 1 heterocycles. The number of para-hydroxylation sites is 1. The van der Waals surface area contributed by atoms with Crippen molar-refractivity contribution in [2.24, 2.45) is 0 Å². The number of nitrogens with one attached hydrogen (secondary N) is 1. The van der Waals surface area contributed by atoms with Gasteiger partial charge in [0.15, 0.2) is 5.16 Å². The van der Waals surface area contributed by atoms with E-state index in [-0.39, 0.29) is 29.4 Å². The predicted molar refractivity (Wildman–Crippen MR) is 118 cm³/mol. The molecule has 0 radical (unpaired) electrons. The first-order valence-corrected chi connectivity index (χ1v) is 10.7. The van der Waals surface area contributed by atoms with Crippen LogP contribution in [0.25, 0.3) is 10.9 Å². The number of benzene rings is 2. The van der Waals surface area contributed by atoms with Crippen LogP contribution in [0.5, 0.6) is 0 Å². The van der Waals surface area contributed by atoms with Gasteiger partial charge in [0.2, 0.25) is 5.91 Å². The molecule has 1 atom stereocenters. The Labute approximate surface area is 190 Å². The topological polar surface area (TPSA) is 73.2 Å². The minimum Gasteiger partial charge on any atom is -0.383 e. The van der Waals surface area contributed by atoms with Gasteiger partial charge in [-0.3, -0.25) is 14.2 Å². The lowest BCUT2D eigenvalue weighted by Gasteiger charge is -2.17. The summed E-state index contributed by atoms with van der Waals surface area (Å²) in [4.78, 5) is 30.1. The average molecular weight is 486 g/mol. The van der Waals surface area contributed by atoms with Crippen molar-refractivity contribution in [1.82, 2.24) is 9.55 Å². The van der Waals surface area contributed by atoms with Gasteiger partial charge in [0.05, 0.1) is 45.6 Å². The number of methoxy groups -OCH3 is 1. The van der Waals surface area contributed by atoms with Crippen LogP contribution < -0.4 is 10.9 Å². The van der Waals surface area contributed by atoms with E-state index in [2.05, 4.69) is 10.3 Å². The van der Waals surface area contributed by atoms with Crippen LogP contribution in [0.4, 0.5) is 18.9 Å². The van der Waals surface area contributed by atoms with Crippen LogP contribution >= 0.6 is 23.4 Å². The number of rotatable bonds is 7. The van der Waals surface area contributed by atoms with Gasteiger partial charge in [-0.15, -0.1) is 0 Å². The highest BCUT2D eigenvalue weighted by Gasteiger charge is 2.31. The van der Waals surface area contributed by atoms with Crippen LogP contribution in [0.3, 0.4) is 0 Å². The Balaban J connectivity index is 1.87. The molecule has 0 aliphatic carbocycles. The molecule has 32 heavy (non-hydrogen) atoms. The standard InChI is InChI=1S/C21H19ClF3N3O3S/c1-12(18(29)26-17-11-13(21(23,24)25)7-8-15(17)22)32-20-27-16-6-4-3-5-14(16)19(30)28(20)9-10-31-2/h3-8,11-12H,9-10H2,1-2H3,(H,26,29)/t12-/m0/s1. The molecule has 0 fully saturated rings. The minimum absolute atomic E-state index is 0.0237. The fraction of sp³-hybridized carbons (Fsp3) is 0.286. The summed E-state index contributed by atoms with van der Waals surface area (Å²) in [5, 5.41) is 2.34. The zero-order valence-electron chi connectivity index (χ0n) is 17.1. The van der Waals surface area contributed by atoms with Crippen LogP contribution in [0.1, 0.15) is 12.5 Å². The number of hydrogen-bond donors (Lipinski definition) is 1. The van der Waals surface area contributed by atoms with Gasteiger partial charge in [0.25, 0.3) is 5.56 Å². The van der Waals surface area contributed by atoms with Crippen molar-refractivity contribution < 1.29 is 22.7 Å². The molecule has 170 valence electrons. The van der Waals surface area contributed by atoms with E-state index in [0.717, 1.165) is 30.0 Å². The summed E-state index contributed by atoms with van der Waals surface area (Å²) >= 11 is 6.97. The van der Waals surface area contributed by atoms with Gasteiger partial charge in [-0.2, -0.15) is 13.2 Å². The van der Waals surface area contributed by atoms with Crippen LogP contribution in [0.15, 0.2) is 52.4 Å². The van der Waals surface area contributed by atoms with Crippen molar-refractivity contribution >= 4 is 45.9 Å². The summed E-state index contributed by atoms with van der Waals surface area (Å²) in [5.74, 6) is -0.586. The Kier molecular flexibility index (Phi) is 7.47. The summed E-state index contributed by atoms with van der Waals surface area (Å²) < 4.78 is 45.4. The number of carbonyl (C=O) groups excluding carboxylic acids is 1. The molecule has 0 saturated carbocycles. The highest BCUT2D eigenvalue weighted by molar-refractivity contribution is 8.00. The fourth-order valence-electron chi connectivity index (χ4n) is 2.86. The van der Waals surface area contributed by atoms with Crippen molar-refractivity contribution in [1.29, 1.82) is 0 Å². The van der Waals surface area contributed by atoms with E-state index >= 15 is 0 Å². The first-order chi connectivity index (χ1) is 15.1. The SMILES string of the molecule is COCCn1c(S[C@@H](C)C(=O)Nc2cc(C(F)(F)F)ccc2Cl)nc2ccccc2c1=O. The lowest BCUT2D eigenvalue weighted by molar-refractivity contribution is -0.137. The molecule has 11 heteroatoms. The molecule has 3 aromatic rings. The molecular formula is C21H19ClF3N3O3S. The zero-order chi connectivity index (χ0) is 23.5. The molecule has 0 bridgehead atoms. The number of ether oxygens (including phenoxy) is 1. The second-order valence-corrected chi connectivity index (χ2v) is 8.52. The quantitative estimate of drug-likeness (QED) is 0.383. The maximum absolute atomic E-state index is 13.0. The summed E-state index contributed by atoms with van der Waals surface area (Å²) in [6.07, 6.45) is -4.57.